The molecule has 0 aromatic rings. The molecule has 0 amide bonds. The van der Waals surface area contributed by atoms with E-state index < -0.39 is 5.60 Å². The molecule has 0 aliphatic heterocycles. The van der Waals surface area contributed by atoms with Gasteiger partial charge in [-0.05, 0) is 37.7 Å². The molecule has 4 aliphatic carbocycles. The van der Waals surface area contributed by atoms with Crippen molar-refractivity contribution in [1.29, 1.82) is 0 Å². The Bertz CT molecular complexity index is 414. The number of ether oxygens (including phenoxy) is 2. The van der Waals surface area contributed by atoms with Crippen molar-refractivity contribution in [3.63, 3.8) is 0 Å². The van der Waals surface area contributed by atoms with Crippen molar-refractivity contribution in [3.05, 3.63) is 11.6 Å². The van der Waals surface area contributed by atoms with Crippen LogP contribution in [0.5, 0.6) is 0 Å². The van der Waals surface area contributed by atoms with Gasteiger partial charge >= 0.3 is 0 Å². The fourth-order valence-corrected chi connectivity index (χ4v) is 4.43. The van der Waals surface area contributed by atoms with Crippen LogP contribution in [-0.2, 0) is 14.3 Å². The third-order valence-corrected chi connectivity index (χ3v) is 5.73. The van der Waals surface area contributed by atoms with Gasteiger partial charge in [0.05, 0.1) is 6.10 Å². The second-order valence-electron chi connectivity index (χ2n) is 6.12. The van der Waals surface area contributed by atoms with Crippen LogP contribution in [0.15, 0.2) is 11.6 Å². The summed E-state index contributed by atoms with van der Waals surface area (Å²) in [5.41, 5.74) is 0.920. The molecule has 2 bridgehead atoms. The fraction of sp³-hybridized carbons (Fsp3) is 0.800. The van der Waals surface area contributed by atoms with Crippen molar-refractivity contribution >= 4 is 5.78 Å². The van der Waals surface area contributed by atoms with Crippen LogP contribution in [0, 0.1) is 11.3 Å². The third-order valence-electron chi connectivity index (χ3n) is 5.73. The van der Waals surface area contributed by atoms with E-state index in [1.165, 1.54) is 5.57 Å². The molecule has 3 heteroatoms. The predicted molar refractivity (Wildman–Crippen MR) is 68.3 cm³/mol. The number of hydrogen-bond donors (Lipinski definition) is 0. The van der Waals surface area contributed by atoms with Crippen molar-refractivity contribution in [1.82, 2.24) is 0 Å². The summed E-state index contributed by atoms with van der Waals surface area (Å²) in [5.74, 6) is 0.699. The van der Waals surface area contributed by atoms with E-state index in [-0.39, 0.29) is 11.2 Å². The first-order chi connectivity index (χ1) is 8.58. The number of allylic oxidation sites excluding steroid dienone is 1. The SMILES string of the molecule is CO[C@@H]1CCC2=C[C@@]3(OC)CC[C@@]2(CC3=O)[C@H]1C. The van der Waals surface area contributed by atoms with E-state index in [2.05, 4.69) is 13.0 Å². The second kappa shape index (κ2) is 3.91. The molecule has 0 heterocycles. The van der Waals surface area contributed by atoms with Crippen LogP contribution < -0.4 is 0 Å². The lowest BCUT2D eigenvalue weighted by atomic mass is 9.50. The third kappa shape index (κ3) is 1.35. The molecule has 100 valence electrons. The van der Waals surface area contributed by atoms with Crippen LogP contribution in [0.2, 0.25) is 0 Å². The minimum Gasteiger partial charge on any atom is -0.381 e. The Labute approximate surface area is 109 Å². The normalized spacial score (nSPS) is 46.8. The first-order valence-corrected chi connectivity index (χ1v) is 6.91. The average molecular weight is 250 g/mol. The number of carbonyl (C=O) groups is 1. The number of methoxy groups -OCH3 is 2. The molecule has 0 unspecified atom stereocenters. The van der Waals surface area contributed by atoms with Crippen LogP contribution in [0.25, 0.3) is 0 Å². The minimum absolute atomic E-state index is 0.0658. The quantitative estimate of drug-likeness (QED) is 0.706. The van der Waals surface area contributed by atoms with Crippen LogP contribution in [0.4, 0.5) is 0 Å². The number of carbonyl (C=O) groups excluding carboxylic acids is 1. The molecular formula is C15H22O3. The molecule has 0 N–H and O–H groups in total. The van der Waals surface area contributed by atoms with Crippen molar-refractivity contribution in [3.8, 4) is 0 Å². The highest BCUT2D eigenvalue weighted by Gasteiger charge is 2.59. The number of fused-ring (bicyclic) bond motifs is 2. The zero-order valence-corrected chi connectivity index (χ0v) is 11.5. The smallest absolute Gasteiger partial charge is 0.169 e. The number of Topliss-reactive ketones (excluding diaryl/α,β-unsaturated/α-hetero) is 1. The maximum atomic E-state index is 12.4. The number of rotatable bonds is 2. The molecule has 0 radical (unpaired) electrons. The molecule has 4 aliphatic rings. The number of hydrogen-bond acceptors (Lipinski definition) is 3. The van der Waals surface area contributed by atoms with Crippen molar-refractivity contribution in [2.45, 2.75) is 50.7 Å². The molecule has 4 rings (SSSR count). The summed E-state index contributed by atoms with van der Waals surface area (Å²) in [6, 6.07) is 0. The summed E-state index contributed by atoms with van der Waals surface area (Å²) in [5, 5.41) is 0. The monoisotopic (exact) mass is 250 g/mol. The molecule has 3 nitrogen and oxygen atoms in total. The van der Waals surface area contributed by atoms with Gasteiger partial charge in [0.2, 0.25) is 0 Å². The van der Waals surface area contributed by atoms with Gasteiger partial charge in [-0.2, -0.15) is 0 Å². The van der Waals surface area contributed by atoms with Crippen molar-refractivity contribution < 1.29 is 14.3 Å². The Morgan fingerprint density at radius 2 is 2.11 bits per heavy atom. The van der Waals surface area contributed by atoms with E-state index in [9.17, 15) is 4.79 Å². The van der Waals surface area contributed by atoms with Gasteiger partial charge in [-0.1, -0.05) is 12.5 Å². The van der Waals surface area contributed by atoms with E-state index in [0.29, 0.717) is 18.4 Å². The van der Waals surface area contributed by atoms with Crippen LogP contribution in [0.3, 0.4) is 0 Å². The van der Waals surface area contributed by atoms with Gasteiger partial charge in [-0.15, -0.1) is 0 Å². The molecule has 0 aromatic heterocycles. The molecule has 0 saturated heterocycles. The first-order valence-electron chi connectivity index (χ1n) is 6.91. The lowest BCUT2D eigenvalue weighted by molar-refractivity contribution is -0.153. The molecule has 18 heavy (non-hydrogen) atoms. The standard InChI is InChI=1S/C15H22O3/c1-10-12(17-2)5-4-11-8-15(18-3)7-6-14(10,11)9-13(15)16/h8,10,12H,4-7,9H2,1-3H3/t10-,12+,14+,15-/m0/s1. The molecule has 0 aromatic carbocycles. The van der Waals surface area contributed by atoms with E-state index in [1.807, 2.05) is 0 Å². The highest BCUT2D eigenvalue weighted by molar-refractivity contribution is 5.93. The highest BCUT2D eigenvalue weighted by Crippen LogP contribution is 2.60. The lowest BCUT2D eigenvalue weighted by Gasteiger charge is -2.57. The summed E-state index contributed by atoms with van der Waals surface area (Å²) in [4.78, 5) is 12.4. The zero-order valence-electron chi connectivity index (χ0n) is 11.5. The molecule has 4 atom stereocenters. The van der Waals surface area contributed by atoms with E-state index in [4.69, 9.17) is 9.47 Å². The summed E-state index contributed by atoms with van der Waals surface area (Å²) in [7, 11) is 3.46. The number of ketones is 1. The summed E-state index contributed by atoms with van der Waals surface area (Å²) in [6.45, 7) is 2.25. The lowest BCUT2D eigenvalue weighted by Crippen LogP contribution is -2.58. The second-order valence-corrected chi connectivity index (χ2v) is 6.12. The Hall–Kier alpha value is -0.670. The fourth-order valence-electron chi connectivity index (χ4n) is 4.43. The van der Waals surface area contributed by atoms with Gasteiger partial charge in [0.25, 0.3) is 0 Å². The van der Waals surface area contributed by atoms with Crippen LogP contribution in [-0.4, -0.2) is 31.7 Å². The van der Waals surface area contributed by atoms with Gasteiger partial charge in [0, 0.05) is 26.1 Å². The maximum absolute atomic E-state index is 12.4. The van der Waals surface area contributed by atoms with Crippen molar-refractivity contribution in [2.24, 2.45) is 11.3 Å². The molecule has 2 fully saturated rings. The maximum Gasteiger partial charge on any atom is 0.169 e. The van der Waals surface area contributed by atoms with Crippen LogP contribution >= 0.6 is 0 Å². The zero-order chi connectivity index (χ0) is 13.0. The van der Waals surface area contributed by atoms with E-state index in [0.717, 1.165) is 25.7 Å². The summed E-state index contributed by atoms with van der Waals surface area (Å²) >= 11 is 0. The molecule has 2 saturated carbocycles. The van der Waals surface area contributed by atoms with Crippen molar-refractivity contribution in [2.75, 3.05) is 14.2 Å². The Morgan fingerprint density at radius 3 is 2.72 bits per heavy atom. The summed E-state index contributed by atoms with van der Waals surface area (Å²) < 4.78 is 11.2. The highest BCUT2D eigenvalue weighted by atomic mass is 16.5. The Balaban J connectivity index is 2.04. The Morgan fingerprint density at radius 1 is 1.33 bits per heavy atom. The van der Waals surface area contributed by atoms with Gasteiger partial charge in [-0.3, -0.25) is 4.79 Å². The predicted octanol–water partition coefficient (Wildman–Crippen LogP) is 2.50. The minimum atomic E-state index is -0.600. The largest absolute Gasteiger partial charge is 0.381 e. The van der Waals surface area contributed by atoms with Crippen LogP contribution in [0.1, 0.15) is 39.0 Å². The Kier molecular flexibility index (Phi) is 2.69. The van der Waals surface area contributed by atoms with Gasteiger partial charge in [0.1, 0.15) is 5.60 Å². The topological polar surface area (TPSA) is 35.5 Å². The van der Waals surface area contributed by atoms with Gasteiger partial charge in [0.15, 0.2) is 5.78 Å². The summed E-state index contributed by atoms with van der Waals surface area (Å²) in [6.07, 6.45) is 7.12. The van der Waals surface area contributed by atoms with Gasteiger partial charge < -0.3 is 9.47 Å². The van der Waals surface area contributed by atoms with Gasteiger partial charge in [-0.25, -0.2) is 0 Å². The average Bonchev–Trinajstić information content (AvgIpc) is 2.40. The molecule has 1 spiro atoms. The van der Waals surface area contributed by atoms with E-state index >= 15 is 0 Å². The van der Waals surface area contributed by atoms with E-state index in [1.54, 1.807) is 14.2 Å². The molecular weight excluding hydrogens is 228 g/mol. The first kappa shape index (κ1) is 12.4.